The molecule has 2 unspecified atom stereocenters. The van der Waals surface area contributed by atoms with E-state index in [0.717, 1.165) is 18.5 Å². The topological polar surface area (TPSA) is 15.3 Å². The normalized spacial score (nSPS) is 28.9. The average Bonchev–Trinajstić information content (AvgIpc) is 2.41. The first-order valence-electron chi connectivity index (χ1n) is 7.33. The van der Waals surface area contributed by atoms with Crippen molar-refractivity contribution in [1.29, 1.82) is 0 Å². The third-order valence-corrected chi connectivity index (χ3v) is 4.63. The van der Waals surface area contributed by atoms with Crippen molar-refractivity contribution in [3.63, 3.8) is 0 Å². The lowest BCUT2D eigenvalue weighted by Crippen LogP contribution is -2.51. The number of hydrogen-bond donors (Lipinski definition) is 1. The van der Waals surface area contributed by atoms with Gasteiger partial charge in [0.25, 0.3) is 0 Å². The maximum Gasteiger partial charge on any atom is 0.0236 e. The summed E-state index contributed by atoms with van der Waals surface area (Å²) < 4.78 is 0. The molecule has 2 saturated heterocycles. The first kappa shape index (κ1) is 12.2. The Kier molecular flexibility index (Phi) is 3.67. The minimum atomic E-state index is 0.798. The summed E-state index contributed by atoms with van der Waals surface area (Å²) in [5.41, 5.74) is 2.93. The number of piperidine rings is 2. The summed E-state index contributed by atoms with van der Waals surface area (Å²) in [6, 6.07) is 9.60. The third-order valence-electron chi connectivity index (χ3n) is 4.63. The second-order valence-electron chi connectivity index (χ2n) is 5.91. The van der Waals surface area contributed by atoms with Crippen LogP contribution in [-0.4, -0.2) is 30.6 Å². The Balaban J connectivity index is 1.63. The van der Waals surface area contributed by atoms with Crippen molar-refractivity contribution in [2.24, 2.45) is 5.92 Å². The van der Waals surface area contributed by atoms with Gasteiger partial charge in [0, 0.05) is 19.1 Å². The van der Waals surface area contributed by atoms with Crippen molar-refractivity contribution in [1.82, 2.24) is 10.2 Å². The fourth-order valence-corrected chi connectivity index (χ4v) is 3.49. The van der Waals surface area contributed by atoms with Crippen LogP contribution in [0.1, 0.15) is 30.4 Å². The summed E-state index contributed by atoms with van der Waals surface area (Å²) in [5, 5.41) is 3.69. The minimum absolute atomic E-state index is 0.798. The highest BCUT2D eigenvalue weighted by molar-refractivity contribution is 5.25. The van der Waals surface area contributed by atoms with Gasteiger partial charge in [0.2, 0.25) is 0 Å². The maximum atomic E-state index is 3.69. The van der Waals surface area contributed by atoms with Gasteiger partial charge in [0.1, 0.15) is 0 Å². The minimum Gasteiger partial charge on any atom is -0.314 e. The third kappa shape index (κ3) is 2.60. The van der Waals surface area contributed by atoms with E-state index in [4.69, 9.17) is 0 Å². The number of fused-ring (bicyclic) bond motifs is 1. The quantitative estimate of drug-likeness (QED) is 0.860. The first-order chi connectivity index (χ1) is 8.83. The number of hydrogen-bond acceptors (Lipinski definition) is 2. The Morgan fingerprint density at radius 2 is 2.17 bits per heavy atom. The van der Waals surface area contributed by atoms with Gasteiger partial charge in [-0.3, -0.25) is 4.90 Å². The zero-order valence-corrected chi connectivity index (χ0v) is 11.4. The summed E-state index contributed by atoms with van der Waals surface area (Å²) in [6.45, 7) is 7.13. The lowest BCUT2D eigenvalue weighted by molar-refractivity contribution is 0.109. The molecule has 2 aliphatic rings. The van der Waals surface area contributed by atoms with Gasteiger partial charge < -0.3 is 5.32 Å². The zero-order valence-electron chi connectivity index (χ0n) is 11.4. The van der Waals surface area contributed by atoms with E-state index in [2.05, 4.69) is 41.4 Å². The number of nitrogens with zero attached hydrogens (tertiary/aromatic N) is 1. The van der Waals surface area contributed by atoms with Gasteiger partial charge in [-0.25, -0.2) is 0 Å². The molecule has 98 valence electrons. The molecule has 0 amide bonds. The molecule has 2 heteroatoms. The van der Waals surface area contributed by atoms with Gasteiger partial charge >= 0.3 is 0 Å². The number of nitrogens with one attached hydrogen (secondary N) is 1. The Labute approximate surface area is 110 Å². The van der Waals surface area contributed by atoms with Crippen molar-refractivity contribution in [3.8, 4) is 0 Å². The van der Waals surface area contributed by atoms with E-state index < -0.39 is 0 Å². The largest absolute Gasteiger partial charge is 0.314 e. The summed E-state index contributed by atoms with van der Waals surface area (Å²) in [6.07, 6.45) is 4.11. The predicted molar refractivity (Wildman–Crippen MR) is 75.6 cm³/mol. The van der Waals surface area contributed by atoms with Gasteiger partial charge in [-0.05, 0) is 56.3 Å². The molecule has 0 radical (unpaired) electrons. The SMILES string of the molecule is Cc1ccccc1CN1CCC2NCCCC2C1. The molecule has 2 aliphatic heterocycles. The summed E-state index contributed by atoms with van der Waals surface area (Å²) in [4.78, 5) is 2.65. The van der Waals surface area contributed by atoms with E-state index in [1.54, 1.807) is 0 Å². The van der Waals surface area contributed by atoms with E-state index in [9.17, 15) is 0 Å². The Morgan fingerprint density at radius 3 is 3.06 bits per heavy atom. The Bertz CT molecular complexity index is 402. The Hall–Kier alpha value is -0.860. The van der Waals surface area contributed by atoms with Gasteiger partial charge in [-0.2, -0.15) is 0 Å². The van der Waals surface area contributed by atoms with Crippen LogP contribution in [0.15, 0.2) is 24.3 Å². The molecular weight excluding hydrogens is 220 g/mol. The lowest BCUT2D eigenvalue weighted by Gasteiger charge is -2.42. The number of benzene rings is 1. The molecular formula is C16H24N2. The van der Waals surface area contributed by atoms with Gasteiger partial charge in [-0.15, -0.1) is 0 Å². The lowest BCUT2D eigenvalue weighted by atomic mass is 9.85. The second kappa shape index (κ2) is 5.41. The molecule has 2 nitrogen and oxygen atoms in total. The maximum absolute atomic E-state index is 3.69. The van der Waals surface area contributed by atoms with Crippen LogP contribution in [0.2, 0.25) is 0 Å². The van der Waals surface area contributed by atoms with E-state index >= 15 is 0 Å². The molecule has 0 aromatic heterocycles. The molecule has 0 aliphatic carbocycles. The summed E-state index contributed by atoms with van der Waals surface area (Å²) in [7, 11) is 0. The molecule has 1 aromatic rings. The van der Waals surface area contributed by atoms with Crippen LogP contribution >= 0.6 is 0 Å². The molecule has 2 heterocycles. The van der Waals surface area contributed by atoms with Crippen LogP contribution in [-0.2, 0) is 6.54 Å². The molecule has 2 atom stereocenters. The number of rotatable bonds is 2. The summed E-state index contributed by atoms with van der Waals surface area (Å²) in [5.74, 6) is 0.886. The van der Waals surface area contributed by atoms with Crippen LogP contribution in [0, 0.1) is 12.8 Å². The monoisotopic (exact) mass is 244 g/mol. The predicted octanol–water partition coefficient (Wildman–Crippen LogP) is 2.57. The van der Waals surface area contributed by atoms with Gasteiger partial charge in [0.15, 0.2) is 0 Å². The highest BCUT2D eigenvalue weighted by Crippen LogP contribution is 2.26. The zero-order chi connectivity index (χ0) is 12.4. The molecule has 18 heavy (non-hydrogen) atoms. The van der Waals surface area contributed by atoms with E-state index in [1.165, 1.54) is 50.0 Å². The standard InChI is InChI=1S/C16H24N2/c1-13-5-2-3-6-14(13)11-18-10-8-16-15(12-18)7-4-9-17-16/h2-3,5-6,15-17H,4,7-12H2,1H3. The molecule has 0 spiro atoms. The smallest absolute Gasteiger partial charge is 0.0236 e. The van der Waals surface area contributed by atoms with Gasteiger partial charge in [0.05, 0.1) is 0 Å². The molecule has 1 aromatic carbocycles. The van der Waals surface area contributed by atoms with Crippen molar-refractivity contribution >= 4 is 0 Å². The van der Waals surface area contributed by atoms with E-state index in [1.807, 2.05) is 0 Å². The van der Waals surface area contributed by atoms with Gasteiger partial charge in [-0.1, -0.05) is 24.3 Å². The fourth-order valence-electron chi connectivity index (χ4n) is 3.49. The van der Waals surface area contributed by atoms with Crippen molar-refractivity contribution in [2.75, 3.05) is 19.6 Å². The van der Waals surface area contributed by atoms with Crippen molar-refractivity contribution in [2.45, 2.75) is 38.8 Å². The van der Waals surface area contributed by atoms with E-state index in [-0.39, 0.29) is 0 Å². The molecule has 2 fully saturated rings. The average molecular weight is 244 g/mol. The molecule has 1 N–H and O–H groups in total. The first-order valence-corrected chi connectivity index (χ1v) is 7.33. The fraction of sp³-hybridized carbons (Fsp3) is 0.625. The number of likely N-dealkylation sites (tertiary alicyclic amines) is 1. The highest BCUT2D eigenvalue weighted by atomic mass is 15.2. The van der Waals surface area contributed by atoms with Crippen LogP contribution in [0.5, 0.6) is 0 Å². The highest BCUT2D eigenvalue weighted by Gasteiger charge is 2.30. The number of aryl methyl sites for hydroxylation is 1. The van der Waals surface area contributed by atoms with Crippen molar-refractivity contribution in [3.05, 3.63) is 35.4 Å². The second-order valence-corrected chi connectivity index (χ2v) is 5.91. The van der Waals surface area contributed by atoms with E-state index in [0.29, 0.717) is 0 Å². The van der Waals surface area contributed by atoms with Crippen molar-refractivity contribution < 1.29 is 0 Å². The molecule has 3 rings (SSSR count). The van der Waals surface area contributed by atoms with Crippen LogP contribution < -0.4 is 5.32 Å². The molecule has 0 saturated carbocycles. The van der Waals surface area contributed by atoms with Crippen LogP contribution in [0.4, 0.5) is 0 Å². The summed E-state index contributed by atoms with van der Waals surface area (Å²) >= 11 is 0. The molecule has 0 bridgehead atoms. The Morgan fingerprint density at radius 1 is 1.28 bits per heavy atom. The van der Waals surface area contributed by atoms with Crippen LogP contribution in [0.3, 0.4) is 0 Å². The van der Waals surface area contributed by atoms with Crippen LogP contribution in [0.25, 0.3) is 0 Å².